The highest BCUT2D eigenvalue weighted by atomic mass is 16.3. The maximum atomic E-state index is 12.1. The lowest BCUT2D eigenvalue weighted by Crippen LogP contribution is -2.36. The molecule has 1 aliphatic carbocycles. The molecule has 0 saturated heterocycles. The third-order valence-corrected chi connectivity index (χ3v) is 3.94. The first-order chi connectivity index (χ1) is 9.27. The SMILES string of the molecule is CCC(=O)c1ccccc1N(CCO)C1CCCC1. The first-order valence-electron chi connectivity index (χ1n) is 7.27. The van der Waals surface area contributed by atoms with E-state index >= 15 is 0 Å². The molecule has 0 radical (unpaired) electrons. The van der Waals surface area contributed by atoms with Gasteiger partial charge in [-0.15, -0.1) is 0 Å². The van der Waals surface area contributed by atoms with Crippen molar-refractivity contribution >= 4 is 11.5 Å². The highest BCUT2D eigenvalue weighted by Gasteiger charge is 2.25. The van der Waals surface area contributed by atoms with Gasteiger partial charge >= 0.3 is 0 Å². The van der Waals surface area contributed by atoms with Gasteiger partial charge in [0, 0.05) is 30.3 Å². The number of rotatable bonds is 6. The number of ketones is 1. The molecule has 1 aliphatic rings. The number of carbonyl (C=O) groups excluding carboxylic acids is 1. The summed E-state index contributed by atoms with van der Waals surface area (Å²) in [7, 11) is 0. The smallest absolute Gasteiger partial charge is 0.164 e. The van der Waals surface area contributed by atoms with Gasteiger partial charge < -0.3 is 10.0 Å². The van der Waals surface area contributed by atoms with Crippen LogP contribution in [0.3, 0.4) is 0 Å². The summed E-state index contributed by atoms with van der Waals surface area (Å²) in [4.78, 5) is 14.3. The molecule has 1 fully saturated rings. The van der Waals surface area contributed by atoms with Gasteiger partial charge in [-0.2, -0.15) is 0 Å². The maximum Gasteiger partial charge on any atom is 0.164 e. The van der Waals surface area contributed by atoms with Crippen LogP contribution in [-0.4, -0.2) is 30.1 Å². The fourth-order valence-electron chi connectivity index (χ4n) is 2.97. The lowest BCUT2D eigenvalue weighted by atomic mass is 10.0. The molecule has 0 amide bonds. The van der Waals surface area contributed by atoms with Crippen molar-refractivity contribution < 1.29 is 9.90 Å². The molecule has 0 heterocycles. The number of hydrogen-bond acceptors (Lipinski definition) is 3. The fraction of sp³-hybridized carbons (Fsp3) is 0.562. The van der Waals surface area contributed by atoms with Gasteiger partial charge in [0.15, 0.2) is 5.78 Å². The van der Waals surface area contributed by atoms with E-state index in [4.69, 9.17) is 0 Å². The van der Waals surface area contributed by atoms with E-state index in [0.717, 1.165) is 24.1 Å². The standard InChI is InChI=1S/C16H23NO2/c1-2-16(19)14-9-5-6-10-15(14)17(11-12-18)13-7-3-4-8-13/h5-6,9-10,13,18H,2-4,7-8,11-12H2,1H3. The predicted molar refractivity (Wildman–Crippen MR) is 77.8 cm³/mol. The van der Waals surface area contributed by atoms with E-state index in [-0.39, 0.29) is 12.4 Å². The van der Waals surface area contributed by atoms with Gasteiger partial charge in [-0.1, -0.05) is 31.9 Å². The van der Waals surface area contributed by atoms with E-state index in [0.29, 0.717) is 19.0 Å². The van der Waals surface area contributed by atoms with Crippen LogP contribution < -0.4 is 4.90 Å². The molecule has 0 aromatic heterocycles. The third kappa shape index (κ3) is 3.16. The highest BCUT2D eigenvalue weighted by Crippen LogP contribution is 2.30. The topological polar surface area (TPSA) is 40.5 Å². The van der Waals surface area contributed by atoms with Crippen molar-refractivity contribution in [3.63, 3.8) is 0 Å². The number of carbonyl (C=O) groups is 1. The van der Waals surface area contributed by atoms with Gasteiger partial charge in [0.05, 0.1) is 6.61 Å². The zero-order chi connectivity index (χ0) is 13.7. The zero-order valence-electron chi connectivity index (χ0n) is 11.6. The Morgan fingerprint density at radius 2 is 2.00 bits per heavy atom. The zero-order valence-corrected chi connectivity index (χ0v) is 11.6. The lowest BCUT2D eigenvalue weighted by molar-refractivity contribution is 0.0988. The Balaban J connectivity index is 2.32. The Bertz CT molecular complexity index is 425. The normalized spacial score (nSPS) is 15.7. The van der Waals surface area contributed by atoms with Crippen molar-refractivity contribution in [2.45, 2.75) is 45.1 Å². The van der Waals surface area contributed by atoms with Gasteiger partial charge in [0.2, 0.25) is 0 Å². The van der Waals surface area contributed by atoms with Crippen LogP contribution in [0.15, 0.2) is 24.3 Å². The number of anilines is 1. The molecule has 0 atom stereocenters. The molecular formula is C16H23NO2. The van der Waals surface area contributed by atoms with Crippen LogP contribution in [0.2, 0.25) is 0 Å². The largest absolute Gasteiger partial charge is 0.395 e. The summed E-state index contributed by atoms with van der Waals surface area (Å²) in [5.74, 6) is 0.177. The molecule has 1 aromatic carbocycles. The molecule has 0 spiro atoms. The molecule has 3 heteroatoms. The number of nitrogens with zero attached hydrogens (tertiary/aromatic N) is 1. The van der Waals surface area contributed by atoms with Crippen LogP contribution in [0, 0.1) is 0 Å². The Hall–Kier alpha value is -1.35. The van der Waals surface area contributed by atoms with Crippen molar-refractivity contribution in [2.24, 2.45) is 0 Å². The van der Waals surface area contributed by atoms with E-state index < -0.39 is 0 Å². The number of para-hydroxylation sites is 1. The Morgan fingerprint density at radius 3 is 2.63 bits per heavy atom. The minimum absolute atomic E-state index is 0.130. The van der Waals surface area contributed by atoms with Gasteiger partial charge in [-0.25, -0.2) is 0 Å². The number of benzene rings is 1. The Labute approximate surface area is 115 Å². The van der Waals surface area contributed by atoms with Crippen LogP contribution in [0.5, 0.6) is 0 Å². The third-order valence-electron chi connectivity index (χ3n) is 3.94. The molecule has 0 unspecified atom stereocenters. The van der Waals surface area contributed by atoms with Crippen molar-refractivity contribution in [3.8, 4) is 0 Å². The summed E-state index contributed by atoms with van der Waals surface area (Å²) >= 11 is 0. The van der Waals surface area contributed by atoms with E-state index in [2.05, 4.69) is 4.90 Å². The number of hydrogen-bond donors (Lipinski definition) is 1. The molecule has 0 bridgehead atoms. The average molecular weight is 261 g/mol. The number of aliphatic hydroxyl groups is 1. The predicted octanol–water partition coefficient (Wildman–Crippen LogP) is 3.02. The Morgan fingerprint density at radius 1 is 1.32 bits per heavy atom. The second-order valence-corrected chi connectivity index (χ2v) is 5.15. The van der Waals surface area contributed by atoms with Crippen LogP contribution in [0.25, 0.3) is 0 Å². The van der Waals surface area contributed by atoms with Gasteiger partial charge in [-0.05, 0) is 25.0 Å². The summed E-state index contributed by atoms with van der Waals surface area (Å²) in [5, 5.41) is 9.32. The molecule has 19 heavy (non-hydrogen) atoms. The van der Waals surface area contributed by atoms with Crippen molar-refractivity contribution in [2.75, 3.05) is 18.1 Å². The van der Waals surface area contributed by atoms with Crippen molar-refractivity contribution in [3.05, 3.63) is 29.8 Å². The lowest BCUT2D eigenvalue weighted by Gasteiger charge is -2.32. The van der Waals surface area contributed by atoms with Crippen LogP contribution in [-0.2, 0) is 0 Å². The van der Waals surface area contributed by atoms with E-state index in [1.54, 1.807) is 0 Å². The van der Waals surface area contributed by atoms with Gasteiger partial charge in [0.1, 0.15) is 0 Å². The highest BCUT2D eigenvalue weighted by molar-refractivity contribution is 6.01. The molecule has 0 aliphatic heterocycles. The summed E-state index contributed by atoms with van der Waals surface area (Å²) in [6, 6.07) is 8.27. The average Bonchev–Trinajstić information content (AvgIpc) is 2.98. The van der Waals surface area contributed by atoms with Crippen molar-refractivity contribution in [1.82, 2.24) is 0 Å². The molecule has 3 nitrogen and oxygen atoms in total. The van der Waals surface area contributed by atoms with Crippen molar-refractivity contribution in [1.29, 1.82) is 0 Å². The van der Waals surface area contributed by atoms with E-state index in [1.165, 1.54) is 12.8 Å². The molecule has 1 N–H and O–H groups in total. The van der Waals surface area contributed by atoms with Crippen LogP contribution in [0.1, 0.15) is 49.4 Å². The maximum absolute atomic E-state index is 12.1. The number of Topliss-reactive ketones (excluding diaryl/α,β-unsaturated/α-hetero) is 1. The first-order valence-corrected chi connectivity index (χ1v) is 7.27. The summed E-state index contributed by atoms with van der Waals surface area (Å²) in [6.45, 7) is 2.63. The minimum Gasteiger partial charge on any atom is -0.395 e. The molecular weight excluding hydrogens is 238 g/mol. The molecule has 1 saturated carbocycles. The van der Waals surface area contributed by atoms with Gasteiger partial charge in [0.25, 0.3) is 0 Å². The fourth-order valence-corrected chi connectivity index (χ4v) is 2.97. The van der Waals surface area contributed by atoms with Crippen LogP contribution in [0.4, 0.5) is 5.69 Å². The number of aliphatic hydroxyl groups excluding tert-OH is 1. The van der Waals surface area contributed by atoms with E-state index in [9.17, 15) is 9.90 Å². The summed E-state index contributed by atoms with van der Waals surface area (Å²) < 4.78 is 0. The summed E-state index contributed by atoms with van der Waals surface area (Å²) in [6.07, 6.45) is 5.34. The molecule has 1 aromatic rings. The second kappa shape index (κ2) is 6.71. The molecule has 2 rings (SSSR count). The quantitative estimate of drug-likeness (QED) is 0.800. The molecule has 104 valence electrons. The minimum atomic E-state index is 0.130. The Kier molecular flexibility index (Phi) is 4.97. The first kappa shape index (κ1) is 14.1. The second-order valence-electron chi connectivity index (χ2n) is 5.15. The van der Waals surface area contributed by atoms with E-state index in [1.807, 2.05) is 31.2 Å². The summed E-state index contributed by atoms with van der Waals surface area (Å²) in [5.41, 5.74) is 1.79. The van der Waals surface area contributed by atoms with Gasteiger partial charge in [-0.3, -0.25) is 4.79 Å². The van der Waals surface area contributed by atoms with Crippen LogP contribution >= 0.6 is 0 Å². The monoisotopic (exact) mass is 261 g/mol.